The third kappa shape index (κ3) is 2.08. The third-order valence-electron chi connectivity index (χ3n) is 3.50. The van der Waals surface area contributed by atoms with Gasteiger partial charge in [0, 0.05) is 25.1 Å². The summed E-state index contributed by atoms with van der Waals surface area (Å²) in [7, 11) is 1.68. The van der Waals surface area contributed by atoms with E-state index in [1.807, 2.05) is 0 Å². The highest BCUT2D eigenvalue weighted by molar-refractivity contribution is 5.13. The van der Waals surface area contributed by atoms with Gasteiger partial charge in [-0.05, 0) is 12.8 Å². The highest BCUT2D eigenvalue weighted by Crippen LogP contribution is 2.40. The summed E-state index contributed by atoms with van der Waals surface area (Å²) in [6.07, 6.45) is 9.41. The Morgan fingerprint density at radius 1 is 1.25 bits per heavy atom. The first-order chi connectivity index (χ1) is 7.78. The minimum absolute atomic E-state index is 0.442. The summed E-state index contributed by atoms with van der Waals surface area (Å²) in [4.78, 5) is 7.88. The number of nitrogens with zero attached hydrogens (tertiary/aromatic N) is 2. The predicted molar refractivity (Wildman–Crippen MR) is 59.8 cm³/mol. The molecule has 1 heterocycles. The van der Waals surface area contributed by atoms with Crippen LogP contribution in [0.2, 0.25) is 0 Å². The zero-order valence-electron chi connectivity index (χ0n) is 9.59. The molecule has 0 radical (unpaired) electrons. The first-order valence-electron chi connectivity index (χ1n) is 5.77. The molecule has 0 amide bonds. The summed E-state index contributed by atoms with van der Waals surface area (Å²) >= 11 is 0. The van der Waals surface area contributed by atoms with Crippen molar-refractivity contribution in [1.82, 2.24) is 9.97 Å². The monoisotopic (exact) mass is 222 g/mol. The first-order valence-corrected chi connectivity index (χ1v) is 5.77. The maximum absolute atomic E-state index is 10.4. The largest absolute Gasteiger partial charge is 0.385 e. The van der Waals surface area contributed by atoms with Crippen molar-refractivity contribution in [3.05, 3.63) is 24.3 Å². The van der Waals surface area contributed by atoms with Crippen molar-refractivity contribution in [2.45, 2.75) is 43.8 Å². The van der Waals surface area contributed by atoms with Crippen LogP contribution in [0.1, 0.15) is 43.8 Å². The molecule has 1 aromatic heterocycles. The van der Waals surface area contributed by atoms with Crippen LogP contribution in [0.4, 0.5) is 0 Å². The molecule has 1 saturated carbocycles. The Kier molecular flexibility index (Phi) is 3.51. The Balaban J connectivity index is 2.20. The van der Waals surface area contributed by atoms with E-state index in [4.69, 9.17) is 4.74 Å². The van der Waals surface area contributed by atoms with Gasteiger partial charge in [0.2, 0.25) is 0 Å². The normalized spacial score (nSPS) is 21.6. The SMILES string of the molecule is COC1(C(O)c2cncnc2)CCCCC1. The van der Waals surface area contributed by atoms with Crippen LogP contribution < -0.4 is 0 Å². The quantitative estimate of drug-likeness (QED) is 0.848. The van der Waals surface area contributed by atoms with Gasteiger partial charge >= 0.3 is 0 Å². The summed E-state index contributed by atoms with van der Waals surface area (Å²) < 4.78 is 5.59. The van der Waals surface area contributed by atoms with E-state index < -0.39 is 11.7 Å². The Hall–Kier alpha value is -1.00. The van der Waals surface area contributed by atoms with Gasteiger partial charge in [0.1, 0.15) is 12.4 Å². The number of rotatable bonds is 3. The maximum atomic E-state index is 10.4. The summed E-state index contributed by atoms with van der Waals surface area (Å²) in [6, 6.07) is 0. The molecule has 1 aromatic rings. The average Bonchev–Trinajstić information content (AvgIpc) is 2.39. The molecule has 0 saturated heterocycles. The molecule has 1 aliphatic carbocycles. The van der Waals surface area contributed by atoms with E-state index in [2.05, 4.69) is 9.97 Å². The van der Waals surface area contributed by atoms with Crippen molar-refractivity contribution in [3.8, 4) is 0 Å². The van der Waals surface area contributed by atoms with Crippen molar-refractivity contribution >= 4 is 0 Å². The van der Waals surface area contributed by atoms with Crippen molar-refractivity contribution < 1.29 is 9.84 Å². The molecule has 0 bridgehead atoms. The number of hydrogen-bond donors (Lipinski definition) is 1. The van der Waals surface area contributed by atoms with Gasteiger partial charge in [-0.2, -0.15) is 0 Å². The molecule has 0 spiro atoms. The molecule has 88 valence electrons. The molecule has 1 aliphatic rings. The second-order valence-electron chi connectivity index (χ2n) is 4.40. The van der Waals surface area contributed by atoms with Crippen molar-refractivity contribution in [3.63, 3.8) is 0 Å². The third-order valence-corrected chi connectivity index (χ3v) is 3.50. The van der Waals surface area contributed by atoms with Gasteiger partial charge in [0.25, 0.3) is 0 Å². The van der Waals surface area contributed by atoms with Gasteiger partial charge in [0.05, 0.1) is 5.60 Å². The van der Waals surface area contributed by atoms with Gasteiger partial charge in [-0.25, -0.2) is 9.97 Å². The Morgan fingerprint density at radius 3 is 2.44 bits per heavy atom. The van der Waals surface area contributed by atoms with Crippen LogP contribution in [0.15, 0.2) is 18.7 Å². The zero-order chi connectivity index (χ0) is 11.4. The number of aliphatic hydroxyl groups is 1. The van der Waals surface area contributed by atoms with Crippen LogP contribution >= 0.6 is 0 Å². The molecule has 1 fully saturated rings. The number of aliphatic hydroxyl groups excluding tert-OH is 1. The van der Waals surface area contributed by atoms with Crippen molar-refractivity contribution in [1.29, 1.82) is 0 Å². The van der Waals surface area contributed by atoms with Gasteiger partial charge in [0.15, 0.2) is 0 Å². The van der Waals surface area contributed by atoms with Crippen LogP contribution in [0.25, 0.3) is 0 Å². The van der Waals surface area contributed by atoms with Crippen LogP contribution in [0.5, 0.6) is 0 Å². The summed E-state index contributed by atoms with van der Waals surface area (Å²) in [5.41, 5.74) is 0.300. The summed E-state index contributed by atoms with van der Waals surface area (Å²) in [5.74, 6) is 0. The highest BCUT2D eigenvalue weighted by atomic mass is 16.5. The van der Waals surface area contributed by atoms with Gasteiger partial charge in [-0.1, -0.05) is 19.3 Å². The van der Waals surface area contributed by atoms with Crippen LogP contribution in [-0.2, 0) is 4.74 Å². The lowest BCUT2D eigenvalue weighted by Crippen LogP contribution is -2.40. The molecule has 1 N–H and O–H groups in total. The standard InChI is InChI=1S/C12H18N2O2/c1-16-12(5-3-2-4-6-12)11(15)10-7-13-9-14-8-10/h7-9,11,15H,2-6H2,1H3. The number of hydrogen-bond acceptors (Lipinski definition) is 4. The molecule has 16 heavy (non-hydrogen) atoms. The van der Waals surface area contributed by atoms with Gasteiger partial charge < -0.3 is 9.84 Å². The fourth-order valence-corrected chi connectivity index (χ4v) is 2.49. The topological polar surface area (TPSA) is 55.2 Å². The second kappa shape index (κ2) is 4.89. The van der Waals surface area contributed by atoms with E-state index in [0.717, 1.165) is 31.2 Å². The van der Waals surface area contributed by atoms with E-state index >= 15 is 0 Å². The lowest BCUT2D eigenvalue weighted by atomic mass is 9.78. The van der Waals surface area contributed by atoms with Gasteiger partial charge in [-0.3, -0.25) is 0 Å². The minimum Gasteiger partial charge on any atom is -0.385 e. The molecule has 1 unspecified atom stereocenters. The lowest BCUT2D eigenvalue weighted by molar-refractivity contribution is -0.125. The molecule has 2 rings (SSSR count). The number of aromatic nitrogens is 2. The van der Waals surface area contributed by atoms with Gasteiger partial charge in [-0.15, -0.1) is 0 Å². The number of methoxy groups -OCH3 is 1. The Morgan fingerprint density at radius 2 is 1.88 bits per heavy atom. The Bertz CT molecular complexity index is 323. The van der Waals surface area contributed by atoms with Crippen LogP contribution in [0.3, 0.4) is 0 Å². The lowest BCUT2D eigenvalue weighted by Gasteiger charge is -2.39. The van der Waals surface area contributed by atoms with E-state index in [0.29, 0.717) is 0 Å². The minimum atomic E-state index is -0.626. The van der Waals surface area contributed by atoms with E-state index in [-0.39, 0.29) is 0 Å². The molecule has 0 aromatic carbocycles. The number of ether oxygens (including phenoxy) is 1. The predicted octanol–water partition coefficient (Wildman–Crippen LogP) is 1.86. The second-order valence-corrected chi connectivity index (χ2v) is 4.40. The molecule has 4 heteroatoms. The first kappa shape index (κ1) is 11.5. The van der Waals surface area contributed by atoms with E-state index in [1.54, 1.807) is 19.5 Å². The molecule has 1 atom stereocenters. The molecule has 4 nitrogen and oxygen atoms in total. The maximum Gasteiger partial charge on any atom is 0.115 e. The fourth-order valence-electron chi connectivity index (χ4n) is 2.49. The Labute approximate surface area is 95.7 Å². The summed E-state index contributed by atoms with van der Waals surface area (Å²) in [5, 5.41) is 10.4. The zero-order valence-corrected chi connectivity index (χ0v) is 9.59. The highest BCUT2D eigenvalue weighted by Gasteiger charge is 2.40. The average molecular weight is 222 g/mol. The van der Waals surface area contributed by atoms with E-state index in [9.17, 15) is 5.11 Å². The van der Waals surface area contributed by atoms with Crippen molar-refractivity contribution in [2.24, 2.45) is 0 Å². The molecular formula is C12H18N2O2. The fraction of sp³-hybridized carbons (Fsp3) is 0.667. The van der Waals surface area contributed by atoms with E-state index in [1.165, 1.54) is 12.7 Å². The summed E-state index contributed by atoms with van der Waals surface area (Å²) in [6.45, 7) is 0. The molecular weight excluding hydrogens is 204 g/mol. The van der Waals surface area contributed by atoms with Crippen LogP contribution in [-0.4, -0.2) is 27.8 Å². The smallest absolute Gasteiger partial charge is 0.115 e. The molecule has 0 aliphatic heterocycles. The van der Waals surface area contributed by atoms with Crippen molar-refractivity contribution in [2.75, 3.05) is 7.11 Å². The van der Waals surface area contributed by atoms with Crippen LogP contribution in [0, 0.1) is 0 Å².